The fraction of sp³-hybridized carbons (Fsp3) is 0.250. The SMILES string of the molecule is CC(C)(C)c1nc(-c2cc3cc(OCc4ccccc4Cc4nn[nH]n4)ccc3o2)cs1. The van der Waals surface area contributed by atoms with E-state index < -0.39 is 0 Å². The van der Waals surface area contributed by atoms with Gasteiger partial charge < -0.3 is 9.15 Å². The molecule has 0 saturated heterocycles. The minimum absolute atomic E-state index is 0.0238. The summed E-state index contributed by atoms with van der Waals surface area (Å²) in [6.45, 7) is 6.94. The smallest absolute Gasteiger partial charge is 0.178 e. The summed E-state index contributed by atoms with van der Waals surface area (Å²) in [5.41, 5.74) is 3.90. The molecule has 0 saturated carbocycles. The predicted molar refractivity (Wildman–Crippen MR) is 124 cm³/mol. The highest BCUT2D eigenvalue weighted by atomic mass is 32.1. The highest BCUT2D eigenvalue weighted by Crippen LogP contribution is 2.34. The van der Waals surface area contributed by atoms with Crippen molar-refractivity contribution in [3.63, 3.8) is 0 Å². The summed E-state index contributed by atoms with van der Waals surface area (Å²) in [6, 6.07) is 16.0. The number of aromatic amines is 1. The van der Waals surface area contributed by atoms with E-state index in [1.54, 1.807) is 11.3 Å². The molecule has 5 rings (SSSR count). The van der Waals surface area contributed by atoms with Crippen LogP contribution >= 0.6 is 11.3 Å². The topological polar surface area (TPSA) is 89.7 Å². The van der Waals surface area contributed by atoms with Crippen molar-refractivity contribution in [3.8, 4) is 17.2 Å². The second-order valence-corrected chi connectivity index (χ2v) is 9.52. The summed E-state index contributed by atoms with van der Waals surface area (Å²) in [6.07, 6.45) is 0.602. The van der Waals surface area contributed by atoms with Crippen LogP contribution < -0.4 is 4.74 Å². The van der Waals surface area contributed by atoms with Crippen LogP contribution in [0.4, 0.5) is 0 Å². The predicted octanol–water partition coefficient (Wildman–Crippen LogP) is 5.54. The lowest BCUT2D eigenvalue weighted by atomic mass is 9.98. The van der Waals surface area contributed by atoms with E-state index in [2.05, 4.69) is 58.9 Å². The van der Waals surface area contributed by atoms with Gasteiger partial charge in [0.05, 0.1) is 5.01 Å². The zero-order valence-electron chi connectivity index (χ0n) is 18.1. The molecule has 0 unspecified atom stereocenters. The Hall–Kier alpha value is -3.52. The third-order valence-electron chi connectivity index (χ3n) is 5.14. The van der Waals surface area contributed by atoms with Crippen LogP contribution in [0.5, 0.6) is 5.75 Å². The fourth-order valence-electron chi connectivity index (χ4n) is 3.43. The van der Waals surface area contributed by atoms with Crippen molar-refractivity contribution < 1.29 is 9.15 Å². The lowest BCUT2D eigenvalue weighted by Gasteiger charge is -2.13. The van der Waals surface area contributed by atoms with Crippen LogP contribution in [0, 0.1) is 0 Å². The van der Waals surface area contributed by atoms with E-state index in [1.165, 1.54) is 0 Å². The first-order valence-corrected chi connectivity index (χ1v) is 11.3. The summed E-state index contributed by atoms with van der Waals surface area (Å²) in [4.78, 5) is 4.76. The molecule has 0 spiro atoms. The Bertz CT molecular complexity index is 1350. The maximum atomic E-state index is 6.10. The Labute approximate surface area is 189 Å². The van der Waals surface area contributed by atoms with E-state index in [0.717, 1.165) is 44.3 Å². The normalized spacial score (nSPS) is 11.8. The van der Waals surface area contributed by atoms with Gasteiger partial charge in [-0.15, -0.1) is 21.5 Å². The van der Waals surface area contributed by atoms with Gasteiger partial charge in [-0.1, -0.05) is 50.3 Å². The highest BCUT2D eigenvalue weighted by Gasteiger charge is 2.20. The van der Waals surface area contributed by atoms with Gasteiger partial charge in [-0.3, -0.25) is 0 Å². The number of nitrogens with one attached hydrogen (secondary N) is 1. The van der Waals surface area contributed by atoms with E-state index in [-0.39, 0.29) is 5.41 Å². The van der Waals surface area contributed by atoms with Gasteiger partial charge in [-0.25, -0.2) is 4.98 Å². The van der Waals surface area contributed by atoms with Crippen molar-refractivity contribution >= 4 is 22.3 Å². The number of fused-ring (bicyclic) bond motifs is 1. The van der Waals surface area contributed by atoms with Crippen LogP contribution in [0.1, 0.15) is 42.7 Å². The summed E-state index contributed by atoms with van der Waals surface area (Å²) >= 11 is 1.66. The van der Waals surface area contributed by atoms with Gasteiger partial charge in [-0.05, 0) is 35.4 Å². The van der Waals surface area contributed by atoms with Gasteiger partial charge in [0.1, 0.15) is 23.6 Å². The Morgan fingerprint density at radius 2 is 1.91 bits per heavy atom. The molecule has 0 bridgehead atoms. The first-order chi connectivity index (χ1) is 15.5. The minimum Gasteiger partial charge on any atom is -0.489 e. The van der Waals surface area contributed by atoms with Gasteiger partial charge >= 0.3 is 0 Å². The highest BCUT2D eigenvalue weighted by molar-refractivity contribution is 7.10. The third kappa shape index (κ3) is 4.27. The molecule has 0 amide bonds. The largest absolute Gasteiger partial charge is 0.489 e. The maximum absolute atomic E-state index is 6.10. The number of nitrogens with zero attached hydrogens (tertiary/aromatic N) is 4. The van der Waals surface area contributed by atoms with Gasteiger partial charge in [0.15, 0.2) is 11.6 Å². The van der Waals surface area contributed by atoms with Crippen molar-refractivity contribution in [2.24, 2.45) is 0 Å². The summed E-state index contributed by atoms with van der Waals surface area (Å²) < 4.78 is 12.1. The molecule has 1 N–H and O–H groups in total. The number of hydrogen-bond donors (Lipinski definition) is 1. The van der Waals surface area contributed by atoms with E-state index in [1.807, 2.05) is 36.4 Å². The molecule has 7 nitrogen and oxygen atoms in total. The van der Waals surface area contributed by atoms with Crippen LogP contribution in [0.3, 0.4) is 0 Å². The van der Waals surface area contributed by atoms with Crippen LogP contribution in [0.25, 0.3) is 22.4 Å². The molecule has 5 aromatic rings. The number of benzene rings is 2. The summed E-state index contributed by atoms with van der Waals surface area (Å²) in [5, 5.41) is 18.3. The first-order valence-electron chi connectivity index (χ1n) is 10.4. The fourth-order valence-corrected chi connectivity index (χ4v) is 4.33. The van der Waals surface area contributed by atoms with E-state index in [0.29, 0.717) is 18.9 Å². The Morgan fingerprint density at radius 1 is 1.06 bits per heavy atom. The third-order valence-corrected chi connectivity index (χ3v) is 6.40. The molecule has 32 heavy (non-hydrogen) atoms. The summed E-state index contributed by atoms with van der Waals surface area (Å²) in [7, 11) is 0. The maximum Gasteiger partial charge on any atom is 0.178 e. The van der Waals surface area contributed by atoms with Gasteiger partial charge in [-0.2, -0.15) is 5.21 Å². The Balaban J connectivity index is 1.34. The number of furan rings is 1. The van der Waals surface area contributed by atoms with Crippen LogP contribution in [0.2, 0.25) is 0 Å². The molecule has 0 aliphatic carbocycles. The lowest BCUT2D eigenvalue weighted by Crippen LogP contribution is -2.10. The van der Waals surface area contributed by atoms with Crippen LogP contribution in [-0.2, 0) is 18.4 Å². The van der Waals surface area contributed by atoms with Crippen molar-refractivity contribution in [2.75, 3.05) is 0 Å². The second kappa shape index (κ2) is 8.20. The van der Waals surface area contributed by atoms with E-state index in [9.17, 15) is 0 Å². The molecule has 8 heteroatoms. The lowest BCUT2D eigenvalue weighted by molar-refractivity contribution is 0.305. The summed E-state index contributed by atoms with van der Waals surface area (Å²) in [5.74, 6) is 2.21. The number of thiazole rings is 1. The number of ether oxygens (including phenoxy) is 1. The number of aromatic nitrogens is 5. The Kier molecular flexibility index (Phi) is 5.22. The molecule has 0 fully saturated rings. The van der Waals surface area contributed by atoms with Gasteiger partial charge in [0, 0.05) is 22.6 Å². The molecule has 3 aromatic heterocycles. The number of rotatable bonds is 6. The molecule has 0 atom stereocenters. The monoisotopic (exact) mass is 445 g/mol. The molecule has 162 valence electrons. The van der Waals surface area contributed by atoms with Crippen molar-refractivity contribution in [1.82, 2.24) is 25.6 Å². The first kappa shape index (κ1) is 20.4. The van der Waals surface area contributed by atoms with E-state index in [4.69, 9.17) is 14.1 Å². The minimum atomic E-state index is 0.0238. The molecule has 0 radical (unpaired) electrons. The number of hydrogen-bond acceptors (Lipinski definition) is 7. The molecule has 2 aromatic carbocycles. The zero-order valence-corrected chi connectivity index (χ0v) is 18.9. The van der Waals surface area contributed by atoms with E-state index >= 15 is 0 Å². The molecular formula is C24H23N5O2S. The van der Waals surface area contributed by atoms with Crippen LogP contribution in [-0.4, -0.2) is 25.6 Å². The van der Waals surface area contributed by atoms with Crippen molar-refractivity contribution in [3.05, 3.63) is 75.9 Å². The second-order valence-electron chi connectivity index (χ2n) is 8.66. The van der Waals surface area contributed by atoms with Crippen molar-refractivity contribution in [1.29, 1.82) is 0 Å². The number of H-pyrrole nitrogens is 1. The van der Waals surface area contributed by atoms with Gasteiger partial charge in [0.25, 0.3) is 0 Å². The number of tetrazole rings is 1. The van der Waals surface area contributed by atoms with Gasteiger partial charge in [0.2, 0.25) is 0 Å². The molecular weight excluding hydrogens is 422 g/mol. The molecule has 3 heterocycles. The van der Waals surface area contributed by atoms with Crippen molar-refractivity contribution in [2.45, 2.75) is 39.2 Å². The average molecular weight is 446 g/mol. The Morgan fingerprint density at radius 3 is 2.66 bits per heavy atom. The standard InChI is InChI=1S/C24H23N5O2S/c1-24(2,3)23-25-19(14-32-23)21-11-17-10-18(8-9-20(17)31-21)30-13-16-7-5-4-6-15(16)12-22-26-28-29-27-22/h4-11,14H,12-13H2,1-3H3,(H,26,27,28,29). The average Bonchev–Trinajstić information content (AvgIpc) is 3.52. The van der Waals surface area contributed by atoms with Crippen LogP contribution in [0.15, 0.2) is 58.3 Å². The zero-order chi connectivity index (χ0) is 22.1. The molecule has 0 aliphatic heterocycles. The molecule has 0 aliphatic rings. The quantitative estimate of drug-likeness (QED) is 0.369.